The standard InChI is InChI=1S/C32H41F3N4O4S/c1-19-17-22(32(33,34)35)18-24(36-19)37-26-25(31(2,3)4)28(29(40)38-44(42,43)23-15-16-23)39(27(26)20-11-7-5-8-12-20)30(41)21-13-9-6-10-14-21/h5,7-8,11-12,17-18,21,23,25-28H,6,9-10,13-16H2,1-4H3,(H,36,37)(H,38,40)/t25-,26-,27-,28-/m1/s1. The van der Waals surface area contributed by atoms with Crippen molar-refractivity contribution in [3.8, 4) is 0 Å². The number of anilines is 1. The number of halogens is 3. The molecule has 1 aromatic carbocycles. The minimum atomic E-state index is -4.61. The van der Waals surface area contributed by atoms with E-state index in [9.17, 15) is 31.2 Å². The summed E-state index contributed by atoms with van der Waals surface area (Å²) in [7, 11) is -3.95. The number of amides is 2. The Labute approximate surface area is 257 Å². The zero-order chi connectivity index (χ0) is 32.0. The molecule has 4 atom stereocenters. The molecule has 0 spiro atoms. The quantitative estimate of drug-likeness (QED) is 0.387. The van der Waals surface area contributed by atoms with E-state index in [0.717, 1.165) is 31.4 Å². The second kappa shape index (κ2) is 12.0. The van der Waals surface area contributed by atoms with E-state index >= 15 is 0 Å². The molecule has 2 aromatic rings. The smallest absolute Gasteiger partial charge is 0.364 e. The molecule has 44 heavy (non-hydrogen) atoms. The molecule has 2 saturated carbocycles. The molecule has 5 rings (SSSR count). The van der Waals surface area contributed by atoms with Gasteiger partial charge in [0.15, 0.2) is 0 Å². The molecule has 2 aliphatic carbocycles. The number of rotatable bonds is 7. The Kier molecular flexibility index (Phi) is 8.78. The van der Waals surface area contributed by atoms with Crippen LogP contribution in [0.4, 0.5) is 19.0 Å². The molecule has 8 nitrogen and oxygen atoms in total. The fraction of sp³-hybridized carbons (Fsp3) is 0.594. The fourth-order valence-electron chi connectivity index (χ4n) is 6.97. The van der Waals surface area contributed by atoms with Crippen molar-refractivity contribution in [1.29, 1.82) is 0 Å². The predicted molar refractivity (Wildman–Crippen MR) is 161 cm³/mol. The molecule has 3 fully saturated rings. The van der Waals surface area contributed by atoms with E-state index in [2.05, 4.69) is 15.0 Å². The van der Waals surface area contributed by atoms with Gasteiger partial charge in [-0.2, -0.15) is 13.2 Å². The number of hydrogen-bond acceptors (Lipinski definition) is 6. The summed E-state index contributed by atoms with van der Waals surface area (Å²) in [5.41, 5.74) is -0.723. The number of likely N-dealkylation sites (tertiary alicyclic amines) is 1. The number of benzene rings is 1. The Morgan fingerprint density at radius 1 is 0.955 bits per heavy atom. The number of pyridine rings is 1. The predicted octanol–water partition coefficient (Wildman–Crippen LogP) is 5.99. The molecule has 1 aliphatic heterocycles. The highest BCUT2D eigenvalue weighted by Gasteiger charge is 2.59. The van der Waals surface area contributed by atoms with Crippen LogP contribution in [0.5, 0.6) is 0 Å². The maximum absolute atomic E-state index is 14.5. The van der Waals surface area contributed by atoms with E-state index in [-0.39, 0.29) is 23.3 Å². The number of carbonyl (C=O) groups excluding carboxylic acids is 2. The highest BCUT2D eigenvalue weighted by molar-refractivity contribution is 7.90. The van der Waals surface area contributed by atoms with Crippen molar-refractivity contribution in [2.45, 2.75) is 102 Å². The third-order valence-corrected chi connectivity index (χ3v) is 10.9. The lowest BCUT2D eigenvalue weighted by molar-refractivity contribution is -0.145. The first-order valence-corrected chi connectivity index (χ1v) is 16.9. The van der Waals surface area contributed by atoms with Gasteiger partial charge in [-0.05, 0) is 55.7 Å². The second-order valence-electron chi connectivity index (χ2n) is 13.5. The van der Waals surface area contributed by atoms with E-state index in [4.69, 9.17) is 0 Å². The summed E-state index contributed by atoms with van der Waals surface area (Å²) in [5, 5.41) is 2.58. The molecule has 12 heteroatoms. The number of hydrogen-bond donors (Lipinski definition) is 2. The van der Waals surface area contributed by atoms with Gasteiger partial charge >= 0.3 is 6.18 Å². The van der Waals surface area contributed by atoms with Crippen molar-refractivity contribution in [1.82, 2.24) is 14.6 Å². The molecule has 0 unspecified atom stereocenters. The number of aromatic nitrogens is 1. The van der Waals surface area contributed by atoms with Crippen LogP contribution in [-0.4, -0.2) is 47.4 Å². The third kappa shape index (κ3) is 6.74. The molecular formula is C32H41F3N4O4S. The van der Waals surface area contributed by atoms with Gasteiger partial charge in [0.2, 0.25) is 15.9 Å². The molecule has 0 bridgehead atoms. The van der Waals surface area contributed by atoms with Gasteiger partial charge < -0.3 is 10.2 Å². The Hall–Kier alpha value is -3.15. The molecule has 1 saturated heterocycles. The van der Waals surface area contributed by atoms with Crippen LogP contribution >= 0.6 is 0 Å². The lowest BCUT2D eigenvalue weighted by Crippen LogP contribution is -2.54. The van der Waals surface area contributed by atoms with Crippen LogP contribution in [0, 0.1) is 24.2 Å². The molecule has 2 heterocycles. The third-order valence-electron chi connectivity index (χ3n) is 9.09. The van der Waals surface area contributed by atoms with Crippen LogP contribution in [-0.2, 0) is 25.8 Å². The van der Waals surface area contributed by atoms with Crippen molar-refractivity contribution in [2.75, 3.05) is 5.32 Å². The summed E-state index contributed by atoms with van der Waals surface area (Å²) in [4.78, 5) is 34.6. The van der Waals surface area contributed by atoms with Crippen molar-refractivity contribution in [2.24, 2.45) is 17.3 Å². The summed E-state index contributed by atoms with van der Waals surface area (Å²) in [6.07, 6.45) is 0.345. The number of nitrogens with one attached hydrogen (secondary N) is 2. The van der Waals surface area contributed by atoms with E-state index < -0.39 is 62.4 Å². The zero-order valence-electron chi connectivity index (χ0n) is 25.5. The van der Waals surface area contributed by atoms with Crippen molar-refractivity contribution < 1.29 is 31.2 Å². The molecule has 240 valence electrons. The van der Waals surface area contributed by atoms with Crippen LogP contribution in [0.15, 0.2) is 42.5 Å². The summed E-state index contributed by atoms with van der Waals surface area (Å²) in [6, 6.07) is 8.22. The van der Waals surface area contributed by atoms with Gasteiger partial charge in [0.25, 0.3) is 5.91 Å². The van der Waals surface area contributed by atoms with Crippen LogP contribution in [0.25, 0.3) is 0 Å². The average Bonchev–Trinajstić information content (AvgIpc) is 3.75. The molecule has 3 aliphatic rings. The number of sulfonamides is 1. The summed E-state index contributed by atoms with van der Waals surface area (Å²) in [5.74, 6) is -2.12. The van der Waals surface area contributed by atoms with Crippen molar-refractivity contribution >= 4 is 27.7 Å². The van der Waals surface area contributed by atoms with Gasteiger partial charge in [-0.1, -0.05) is 70.4 Å². The van der Waals surface area contributed by atoms with E-state index in [1.165, 1.54) is 11.8 Å². The minimum absolute atomic E-state index is 0.0331. The van der Waals surface area contributed by atoms with Gasteiger partial charge in [0.1, 0.15) is 11.9 Å². The number of aryl methyl sites for hydroxylation is 1. The topological polar surface area (TPSA) is 108 Å². The SMILES string of the molecule is Cc1cc(C(F)(F)F)cc(N[C@@H]2[C@@H](C(C)(C)C)[C@H](C(=O)NS(=O)(=O)C3CC3)N(C(=O)C3CCCCC3)[C@@H]2c2ccccc2)n1. The van der Waals surface area contributed by atoms with Gasteiger partial charge in [0.05, 0.1) is 22.9 Å². The first-order valence-electron chi connectivity index (χ1n) is 15.3. The largest absolute Gasteiger partial charge is 0.416 e. The highest BCUT2D eigenvalue weighted by atomic mass is 32.2. The number of nitrogens with zero attached hydrogens (tertiary/aromatic N) is 2. The van der Waals surface area contributed by atoms with Gasteiger partial charge in [-0.25, -0.2) is 13.4 Å². The van der Waals surface area contributed by atoms with Crippen molar-refractivity contribution in [3.63, 3.8) is 0 Å². The maximum Gasteiger partial charge on any atom is 0.416 e. The minimum Gasteiger partial charge on any atom is -0.364 e. The summed E-state index contributed by atoms with van der Waals surface area (Å²) >= 11 is 0. The molecular weight excluding hydrogens is 593 g/mol. The summed E-state index contributed by atoms with van der Waals surface area (Å²) in [6.45, 7) is 7.15. The van der Waals surface area contributed by atoms with Crippen LogP contribution in [0.1, 0.15) is 88.6 Å². The average molecular weight is 635 g/mol. The van der Waals surface area contributed by atoms with Crippen molar-refractivity contribution in [3.05, 3.63) is 59.3 Å². The Morgan fingerprint density at radius 2 is 1.59 bits per heavy atom. The molecule has 0 radical (unpaired) electrons. The van der Waals surface area contributed by atoms with E-state index in [0.29, 0.717) is 31.2 Å². The normalized spacial score (nSPS) is 25.1. The first kappa shape index (κ1) is 32.2. The number of alkyl halides is 3. The van der Waals surface area contributed by atoms with Gasteiger partial charge in [-0.15, -0.1) is 0 Å². The first-order chi connectivity index (χ1) is 20.6. The van der Waals surface area contributed by atoms with Gasteiger partial charge in [-0.3, -0.25) is 14.3 Å². The fourth-order valence-corrected chi connectivity index (χ4v) is 8.30. The highest BCUT2D eigenvalue weighted by Crippen LogP contribution is 2.50. The van der Waals surface area contributed by atoms with Crippen LogP contribution < -0.4 is 10.0 Å². The lowest BCUT2D eigenvalue weighted by Gasteiger charge is -2.37. The van der Waals surface area contributed by atoms with Crippen LogP contribution in [0.3, 0.4) is 0 Å². The monoisotopic (exact) mass is 634 g/mol. The van der Waals surface area contributed by atoms with Crippen LogP contribution in [0.2, 0.25) is 0 Å². The molecule has 2 amide bonds. The Balaban J connectivity index is 1.68. The maximum atomic E-state index is 14.5. The Morgan fingerprint density at radius 3 is 2.16 bits per heavy atom. The lowest BCUT2D eigenvalue weighted by atomic mass is 9.72. The Bertz CT molecular complexity index is 1480. The van der Waals surface area contributed by atoms with Gasteiger partial charge in [0, 0.05) is 17.5 Å². The number of carbonyl (C=O) groups is 2. The zero-order valence-corrected chi connectivity index (χ0v) is 26.3. The molecule has 2 N–H and O–H groups in total. The van der Waals surface area contributed by atoms with E-state index in [1.807, 2.05) is 39.0 Å². The summed E-state index contributed by atoms with van der Waals surface area (Å²) < 4.78 is 69.8. The second-order valence-corrected chi connectivity index (χ2v) is 15.5. The van der Waals surface area contributed by atoms with E-state index in [1.54, 1.807) is 12.1 Å². The molecule has 1 aromatic heterocycles.